The molecule has 0 aliphatic carbocycles. The lowest BCUT2D eigenvalue weighted by molar-refractivity contribution is 0.238. The van der Waals surface area contributed by atoms with Crippen LogP contribution in [0.3, 0.4) is 0 Å². The van der Waals surface area contributed by atoms with Gasteiger partial charge in [-0.3, -0.25) is 4.90 Å². The molecule has 2 aromatic heterocycles. The van der Waals surface area contributed by atoms with Gasteiger partial charge in [-0.2, -0.15) is 0 Å². The summed E-state index contributed by atoms with van der Waals surface area (Å²) in [5.74, 6) is 1.09. The van der Waals surface area contributed by atoms with Crippen molar-refractivity contribution < 1.29 is 0 Å². The zero-order valence-corrected chi connectivity index (χ0v) is 13.1. The van der Waals surface area contributed by atoms with Crippen LogP contribution in [0.25, 0.3) is 11.0 Å². The Morgan fingerprint density at radius 3 is 3.05 bits per heavy atom. The lowest BCUT2D eigenvalue weighted by Gasteiger charge is -2.22. The van der Waals surface area contributed by atoms with Gasteiger partial charge in [0.25, 0.3) is 0 Å². The van der Waals surface area contributed by atoms with Gasteiger partial charge in [-0.25, -0.2) is 9.97 Å². The van der Waals surface area contributed by atoms with Crippen LogP contribution in [-0.2, 0) is 6.54 Å². The first kappa shape index (κ1) is 13.5. The standard InChI is InChI=1S/C17H21N5/c1-11-5-6-13-14(8-11)21-17(20-13)16-4-3-7-22(16)9-15-12(2)18-10-19-15/h5-6,8,10,16H,3-4,7,9H2,1-2H3,(H,18,19)(H,20,21). The molecule has 22 heavy (non-hydrogen) atoms. The molecule has 114 valence electrons. The van der Waals surface area contributed by atoms with Gasteiger partial charge in [-0.15, -0.1) is 0 Å². The van der Waals surface area contributed by atoms with Crippen molar-refractivity contribution in [3.63, 3.8) is 0 Å². The highest BCUT2D eigenvalue weighted by molar-refractivity contribution is 5.75. The molecule has 4 rings (SSSR count). The summed E-state index contributed by atoms with van der Waals surface area (Å²) in [6, 6.07) is 6.75. The van der Waals surface area contributed by atoms with E-state index >= 15 is 0 Å². The van der Waals surface area contributed by atoms with E-state index in [0.29, 0.717) is 6.04 Å². The minimum absolute atomic E-state index is 0.365. The van der Waals surface area contributed by atoms with Crippen LogP contribution < -0.4 is 0 Å². The van der Waals surface area contributed by atoms with Crippen molar-refractivity contribution in [2.75, 3.05) is 6.54 Å². The van der Waals surface area contributed by atoms with Crippen LogP contribution in [0.1, 0.15) is 41.7 Å². The van der Waals surface area contributed by atoms with E-state index in [1.54, 1.807) is 6.33 Å². The summed E-state index contributed by atoms with van der Waals surface area (Å²) in [4.78, 5) is 18.4. The van der Waals surface area contributed by atoms with Gasteiger partial charge in [0.05, 0.1) is 29.1 Å². The van der Waals surface area contributed by atoms with E-state index in [0.717, 1.165) is 47.8 Å². The summed E-state index contributed by atoms with van der Waals surface area (Å²) in [6.45, 7) is 6.18. The second-order valence-corrected chi connectivity index (χ2v) is 6.25. The molecule has 1 unspecified atom stereocenters. The molecule has 5 heteroatoms. The molecule has 0 bridgehead atoms. The second kappa shape index (κ2) is 5.25. The van der Waals surface area contributed by atoms with Crippen molar-refractivity contribution in [2.24, 2.45) is 0 Å². The summed E-state index contributed by atoms with van der Waals surface area (Å²) in [7, 11) is 0. The molecule has 1 aromatic carbocycles. The monoisotopic (exact) mass is 295 g/mol. The quantitative estimate of drug-likeness (QED) is 0.780. The molecule has 5 nitrogen and oxygen atoms in total. The Kier molecular flexibility index (Phi) is 3.22. The maximum absolute atomic E-state index is 4.81. The van der Waals surface area contributed by atoms with E-state index in [-0.39, 0.29) is 0 Å². The van der Waals surface area contributed by atoms with Crippen molar-refractivity contribution >= 4 is 11.0 Å². The fourth-order valence-corrected chi connectivity index (χ4v) is 3.36. The molecule has 1 fully saturated rings. The highest BCUT2D eigenvalue weighted by Crippen LogP contribution is 2.32. The predicted octanol–water partition coefficient (Wildman–Crippen LogP) is 3.24. The van der Waals surface area contributed by atoms with Crippen molar-refractivity contribution in [3.05, 3.63) is 47.3 Å². The third-order valence-electron chi connectivity index (χ3n) is 4.62. The topological polar surface area (TPSA) is 60.6 Å². The number of hydrogen-bond acceptors (Lipinski definition) is 3. The van der Waals surface area contributed by atoms with E-state index in [1.165, 1.54) is 12.0 Å². The fourth-order valence-electron chi connectivity index (χ4n) is 3.36. The number of nitrogens with zero attached hydrogens (tertiary/aromatic N) is 3. The zero-order valence-electron chi connectivity index (χ0n) is 13.1. The van der Waals surface area contributed by atoms with Crippen LogP contribution in [0.5, 0.6) is 0 Å². The van der Waals surface area contributed by atoms with Gasteiger partial charge in [-0.05, 0) is 50.9 Å². The first-order chi connectivity index (χ1) is 10.7. The fraction of sp³-hybridized carbons (Fsp3) is 0.412. The van der Waals surface area contributed by atoms with Crippen molar-refractivity contribution in [1.29, 1.82) is 0 Å². The molecular formula is C17H21N5. The van der Waals surface area contributed by atoms with E-state index in [9.17, 15) is 0 Å². The van der Waals surface area contributed by atoms with Gasteiger partial charge < -0.3 is 9.97 Å². The first-order valence-electron chi connectivity index (χ1n) is 7.90. The van der Waals surface area contributed by atoms with Crippen LogP contribution >= 0.6 is 0 Å². The van der Waals surface area contributed by atoms with E-state index < -0.39 is 0 Å². The Morgan fingerprint density at radius 2 is 2.23 bits per heavy atom. The van der Waals surface area contributed by atoms with Gasteiger partial charge in [0.15, 0.2) is 0 Å². The van der Waals surface area contributed by atoms with Gasteiger partial charge in [-0.1, -0.05) is 6.07 Å². The average molecular weight is 295 g/mol. The maximum Gasteiger partial charge on any atom is 0.124 e. The number of rotatable bonds is 3. The molecule has 0 saturated carbocycles. The molecule has 0 spiro atoms. The Morgan fingerprint density at radius 1 is 1.32 bits per heavy atom. The third-order valence-corrected chi connectivity index (χ3v) is 4.62. The molecule has 3 heterocycles. The number of fused-ring (bicyclic) bond motifs is 1. The minimum atomic E-state index is 0.365. The molecule has 0 amide bonds. The molecular weight excluding hydrogens is 274 g/mol. The Labute approximate surface area is 129 Å². The van der Waals surface area contributed by atoms with Gasteiger partial charge in [0.1, 0.15) is 5.82 Å². The average Bonchev–Trinajstić information content (AvgIpc) is 3.19. The molecule has 3 aromatic rings. The second-order valence-electron chi connectivity index (χ2n) is 6.25. The summed E-state index contributed by atoms with van der Waals surface area (Å²) in [5.41, 5.74) is 5.75. The van der Waals surface area contributed by atoms with Crippen LogP contribution in [-0.4, -0.2) is 31.4 Å². The lowest BCUT2D eigenvalue weighted by atomic mass is 10.2. The van der Waals surface area contributed by atoms with Gasteiger partial charge in [0, 0.05) is 12.2 Å². The maximum atomic E-state index is 4.81. The van der Waals surface area contributed by atoms with Crippen molar-refractivity contribution in [2.45, 2.75) is 39.3 Å². The highest BCUT2D eigenvalue weighted by atomic mass is 15.2. The molecule has 2 N–H and O–H groups in total. The summed E-state index contributed by atoms with van der Waals surface area (Å²) in [6.07, 6.45) is 4.15. The summed E-state index contributed by atoms with van der Waals surface area (Å²) in [5, 5.41) is 0. The number of imidazole rings is 2. The van der Waals surface area contributed by atoms with Gasteiger partial charge >= 0.3 is 0 Å². The van der Waals surface area contributed by atoms with Crippen LogP contribution in [0.15, 0.2) is 24.5 Å². The first-order valence-corrected chi connectivity index (χ1v) is 7.90. The molecule has 1 saturated heterocycles. The largest absolute Gasteiger partial charge is 0.348 e. The number of aryl methyl sites for hydroxylation is 2. The molecule has 1 atom stereocenters. The molecule has 1 aliphatic rings. The minimum Gasteiger partial charge on any atom is -0.348 e. The molecule has 0 radical (unpaired) electrons. The number of likely N-dealkylation sites (tertiary alicyclic amines) is 1. The van der Waals surface area contributed by atoms with Gasteiger partial charge in [0.2, 0.25) is 0 Å². The Balaban J connectivity index is 1.63. The number of hydrogen-bond donors (Lipinski definition) is 2. The number of H-pyrrole nitrogens is 2. The number of nitrogens with one attached hydrogen (secondary N) is 2. The number of benzene rings is 1. The van der Waals surface area contributed by atoms with E-state index in [4.69, 9.17) is 4.98 Å². The Hall–Kier alpha value is -2.14. The lowest BCUT2D eigenvalue weighted by Crippen LogP contribution is -2.24. The van der Waals surface area contributed by atoms with Crippen LogP contribution in [0.4, 0.5) is 0 Å². The predicted molar refractivity (Wildman–Crippen MR) is 86.5 cm³/mol. The zero-order chi connectivity index (χ0) is 15.1. The number of aromatic amines is 2. The SMILES string of the molecule is Cc1ccc2nc(C3CCCN3Cc3nc[nH]c3C)[nH]c2c1. The Bertz CT molecular complexity index is 800. The van der Waals surface area contributed by atoms with Crippen molar-refractivity contribution in [3.8, 4) is 0 Å². The normalized spacial score (nSPS) is 19.3. The summed E-state index contributed by atoms with van der Waals surface area (Å²) < 4.78 is 0. The van der Waals surface area contributed by atoms with Crippen LogP contribution in [0, 0.1) is 13.8 Å². The summed E-state index contributed by atoms with van der Waals surface area (Å²) >= 11 is 0. The van der Waals surface area contributed by atoms with Crippen molar-refractivity contribution in [1.82, 2.24) is 24.8 Å². The van der Waals surface area contributed by atoms with Crippen LogP contribution in [0.2, 0.25) is 0 Å². The van der Waals surface area contributed by atoms with E-state index in [2.05, 4.69) is 51.9 Å². The highest BCUT2D eigenvalue weighted by Gasteiger charge is 2.29. The smallest absolute Gasteiger partial charge is 0.124 e. The third kappa shape index (κ3) is 2.31. The number of aromatic nitrogens is 4. The molecule has 1 aliphatic heterocycles. The van der Waals surface area contributed by atoms with E-state index in [1.807, 2.05) is 0 Å².